The molecule has 1 aromatic carbocycles. The first kappa shape index (κ1) is 13.9. The molecule has 0 amide bonds. The molecule has 0 radical (unpaired) electrons. The second-order valence-electron chi connectivity index (χ2n) is 4.76. The van der Waals surface area contributed by atoms with Crippen LogP contribution in [-0.4, -0.2) is 15.6 Å². The van der Waals surface area contributed by atoms with Crippen molar-refractivity contribution >= 4 is 21.9 Å². The summed E-state index contributed by atoms with van der Waals surface area (Å²) in [7, 11) is 0. The predicted molar refractivity (Wildman–Crippen MR) is 79.6 cm³/mol. The number of aromatic nitrogens is 1. The summed E-state index contributed by atoms with van der Waals surface area (Å²) in [5, 5.41) is 9.37. The van der Waals surface area contributed by atoms with E-state index < -0.39 is 5.97 Å². The lowest BCUT2D eigenvalue weighted by atomic mass is 10.1. The summed E-state index contributed by atoms with van der Waals surface area (Å²) in [4.78, 5) is 11.4. The summed E-state index contributed by atoms with van der Waals surface area (Å²) in [5.74, 6) is -0.902. The number of carbonyl (C=O) groups is 1. The van der Waals surface area contributed by atoms with Gasteiger partial charge in [0.2, 0.25) is 0 Å². The van der Waals surface area contributed by atoms with Gasteiger partial charge < -0.3 is 9.67 Å². The normalized spacial score (nSPS) is 11.0. The standard InChI is InChI=1S/C15H16BrNO2/c1-9(2)17-10(3)12(15(18)19)13(16)14(17)11-7-5-4-6-8-11/h4-9H,1-3H3,(H,18,19). The van der Waals surface area contributed by atoms with Crippen LogP contribution in [0.5, 0.6) is 0 Å². The Balaban J connectivity index is 2.80. The number of hydrogen-bond acceptors (Lipinski definition) is 1. The third kappa shape index (κ3) is 2.32. The van der Waals surface area contributed by atoms with E-state index in [2.05, 4.69) is 34.3 Å². The zero-order valence-corrected chi connectivity index (χ0v) is 12.7. The molecule has 1 N–H and O–H groups in total. The van der Waals surface area contributed by atoms with Gasteiger partial charge in [0.1, 0.15) is 0 Å². The van der Waals surface area contributed by atoms with Crippen LogP contribution >= 0.6 is 15.9 Å². The molecule has 0 unspecified atom stereocenters. The smallest absolute Gasteiger partial charge is 0.338 e. The minimum absolute atomic E-state index is 0.194. The van der Waals surface area contributed by atoms with Gasteiger partial charge in [-0.1, -0.05) is 30.3 Å². The molecule has 3 nitrogen and oxygen atoms in total. The maximum absolute atomic E-state index is 11.4. The van der Waals surface area contributed by atoms with Crippen molar-refractivity contribution < 1.29 is 9.90 Å². The summed E-state index contributed by atoms with van der Waals surface area (Å²) >= 11 is 3.46. The molecule has 0 saturated carbocycles. The SMILES string of the molecule is Cc1c(C(=O)O)c(Br)c(-c2ccccc2)n1C(C)C. The maximum Gasteiger partial charge on any atom is 0.338 e. The van der Waals surface area contributed by atoms with Crippen LogP contribution in [0.25, 0.3) is 11.3 Å². The topological polar surface area (TPSA) is 42.2 Å². The molecule has 100 valence electrons. The third-order valence-electron chi connectivity index (χ3n) is 3.17. The van der Waals surface area contributed by atoms with Gasteiger partial charge in [-0.05, 0) is 42.3 Å². The van der Waals surface area contributed by atoms with Crippen LogP contribution in [0.3, 0.4) is 0 Å². The molecule has 4 heteroatoms. The van der Waals surface area contributed by atoms with Crippen molar-refractivity contribution in [1.82, 2.24) is 4.57 Å². The van der Waals surface area contributed by atoms with Crippen LogP contribution in [-0.2, 0) is 0 Å². The lowest BCUT2D eigenvalue weighted by Gasteiger charge is -2.16. The van der Waals surface area contributed by atoms with Gasteiger partial charge in [-0.2, -0.15) is 0 Å². The van der Waals surface area contributed by atoms with Gasteiger partial charge in [-0.3, -0.25) is 0 Å². The Bertz CT molecular complexity index is 615. The number of carboxylic acids is 1. The first-order valence-corrected chi connectivity index (χ1v) is 6.93. The average Bonchev–Trinajstić information content (AvgIpc) is 2.61. The monoisotopic (exact) mass is 321 g/mol. The van der Waals surface area contributed by atoms with E-state index in [-0.39, 0.29) is 6.04 Å². The Labute approximate surface area is 121 Å². The van der Waals surface area contributed by atoms with Crippen molar-refractivity contribution in [3.05, 3.63) is 46.1 Å². The molecule has 0 bridgehead atoms. The zero-order chi connectivity index (χ0) is 14.2. The number of halogens is 1. The highest BCUT2D eigenvalue weighted by Crippen LogP contribution is 2.37. The summed E-state index contributed by atoms with van der Waals surface area (Å²) < 4.78 is 2.71. The number of hydrogen-bond donors (Lipinski definition) is 1. The van der Waals surface area contributed by atoms with Crippen LogP contribution in [0, 0.1) is 6.92 Å². The third-order valence-corrected chi connectivity index (χ3v) is 3.94. The molecule has 1 aromatic heterocycles. The van der Waals surface area contributed by atoms with E-state index in [0.29, 0.717) is 10.0 Å². The Hall–Kier alpha value is -1.55. The second-order valence-corrected chi connectivity index (χ2v) is 5.55. The molecule has 1 heterocycles. The van der Waals surface area contributed by atoms with Crippen molar-refractivity contribution in [1.29, 1.82) is 0 Å². The number of rotatable bonds is 3. The highest BCUT2D eigenvalue weighted by Gasteiger charge is 2.25. The average molecular weight is 322 g/mol. The van der Waals surface area contributed by atoms with E-state index in [4.69, 9.17) is 0 Å². The molecular weight excluding hydrogens is 306 g/mol. The van der Waals surface area contributed by atoms with E-state index in [1.807, 2.05) is 37.3 Å². The summed E-state index contributed by atoms with van der Waals surface area (Å²) in [6.07, 6.45) is 0. The van der Waals surface area contributed by atoms with E-state index >= 15 is 0 Å². The van der Waals surface area contributed by atoms with Crippen molar-refractivity contribution in [2.75, 3.05) is 0 Å². The van der Waals surface area contributed by atoms with Crippen LogP contribution in [0.4, 0.5) is 0 Å². The van der Waals surface area contributed by atoms with Gasteiger partial charge in [0, 0.05) is 11.7 Å². The van der Waals surface area contributed by atoms with E-state index in [9.17, 15) is 9.90 Å². The Kier molecular flexibility index (Phi) is 3.80. The largest absolute Gasteiger partial charge is 0.478 e. The molecular formula is C15H16BrNO2. The Morgan fingerprint density at radius 3 is 2.32 bits per heavy atom. The number of benzene rings is 1. The lowest BCUT2D eigenvalue weighted by molar-refractivity contribution is 0.0695. The van der Waals surface area contributed by atoms with Crippen molar-refractivity contribution in [3.63, 3.8) is 0 Å². The van der Waals surface area contributed by atoms with Crippen LogP contribution in [0.2, 0.25) is 0 Å². The van der Waals surface area contributed by atoms with Crippen molar-refractivity contribution in [2.24, 2.45) is 0 Å². The number of carboxylic acid groups (broad SMARTS) is 1. The first-order chi connectivity index (χ1) is 8.95. The van der Waals surface area contributed by atoms with Crippen molar-refractivity contribution in [2.45, 2.75) is 26.8 Å². The van der Waals surface area contributed by atoms with E-state index in [1.165, 1.54) is 0 Å². The van der Waals surface area contributed by atoms with Crippen LogP contribution in [0.15, 0.2) is 34.8 Å². The molecule has 2 aromatic rings. The molecule has 0 spiro atoms. The van der Waals surface area contributed by atoms with E-state index in [1.54, 1.807) is 0 Å². The predicted octanol–water partition coefficient (Wildman–Crippen LogP) is 4.51. The molecule has 0 fully saturated rings. The van der Waals surface area contributed by atoms with Gasteiger partial charge in [0.05, 0.1) is 15.7 Å². The van der Waals surface area contributed by atoms with Gasteiger partial charge in [0.25, 0.3) is 0 Å². The zero-order valence-electron chi connectivity index (χ0n) is 11.1. The summed E-state index contributed by atoms with van der Waals surface area (Å²) in [6, 6.07) is 10.0. The molecule has 2 rings (SSSR count). The second kappa shape index (κ2) is 5.21. The van der Waals surface area contributed by atoms with E-state index in [0.717, 1.165) is 17.0 Å². The maximum atomic E-state index is 11.4. The summed E-state index contributed by atoms with van der Waals surface area (Å²) in [5.41, 5.74) is 3.05. The quantitative estimate of drug-likeness (QED) is 0.904. The highest BCUT2D eigenvalue weighted by molar-refractivity contribution is 9.10. The van der Waals surface area contributed by atoms with Crippen LogP contribution < -0.4 is 0 Å². The molecule has 0 atom stereocenters. The fourth-order valence-corrected chi connectivity index (χ4v) is 3.30. The minimum Gasteiger partial charge on any atom is -0.478 e. The number of nitrogens with zero attached hydrogens (tertiary/aromatic N) is 1. The molecule has 0 saturated heterocycles. The van der Waals surface area contributed by atoms with Crippen molar-refractivity contribution in [3.8, 4) is 11.3 Å². The molecule has 19 heavy (non-hydrogen) atoms. The molecule has 0 aliphatic rings. The first-order valence-electron chi connectivity index (χ1n) is 6.14. The molecule has 0 aliphatic carbocycles. The Morgan fingerprint density at radius 2 is 1.84 bits per heavy atom. The Morgan fingerprint density at radius 1 is 1.26 bits per heavy atom. The van der Waals surface area contributed by atoms with Gasteiger partial charge in [-0.15, -0.1) is 0 Å². The van der Waals surface area contributed by atoms with Gasteiger partial charge in [0.15, 0.2) is 0 Å². The van der Waals surface area contributed by atoms with Crippen LogP contribution in [0.1, 0.15) is 35.9 Å². The number of aromatic carboxylic acids is 1. The summed E-state index contributed by atoms with van der Waals surface area (Å²) in [6.45, 7) is 5.95. The van der Waals surface area contributed by atoms with Gasteiger partial charge in [-0.25, -0.2) is 4.79 Å². The molecule has 0 aliphatic heterocycles. The highest BCUT2D eigenvalue weighted by atomic mass is 79.9. The fraction of sp³-hybridized carbons (Fsp3) is 0.267. The minimum atomic E-state index is -0.902. The lowest BCUT2D eigenvalue weighted by Crippen LogP contribution is -2.06. The van der Waals surface area contributed by atoms with Gasteiger partial charge >= 0.3 is 5.97 Å². The fourth-order valence-electron chi connectivity index (χ4n) is 2.43.